The van der Waals surface area contributed by atoms with Gasteiger partial charge in [0.15, 0.2) is 0 Å². The molecule has 0 amide bonds. The van der Waals surface area contributed by atoms with Gasteiger partial charge in [0, 0.05) is 24.2 Å². The summed E-state index contributed by atoms with van der Waals surface area (Å²) in [6.45, 7) is 7.14. The molecule has 16 heavy (non-hydrogen) atoms. The minimum absolute atomic E-state index is 0.0940. The average molecular weight is 223 g/mol. The predicted molar refractivity (Wildman–Crippen MR) is 65.5 cm³/mol. The molecule has 0 spiro atoms. The Labute approximate surface area is 97.1 Å². The molecule has 0 aliphatic rings. The second-order valence-corrected chi connectivity index (χ2v) is 4.72. The van der Waals surface area contributed by atoms with E-state index < -0.39 is 0 Å². The number of phenolic OH excluding ortho intramolecular Hbond substituents is 2. The molecule has 0 heterocycles. The molecular weight excluding hydrogens is 202 g/mol. The van der Waals surface area contributed by atoms with E-state index in [-0.39, 0.29) is 11.5 Å². The summed E-state index contributed by atoms with van der Waals surface area (Å²) in [4.78, 5) is 0. The van der Waals surface area contributed by atoms with Gasteiger partial charge in [-0.1, -0.05) is 19.9 Å². The number of phenols is 2. The molecule has 3 heteroatoms. The maximum absolute atomic E-state index is 9.59. The number of benzene rings is 1. The van der Waals surface area contributed by atoms with Crippen LogP contribution in [0.4, 0.5) is 0 Å². The Morgan fingerprint density at radius 1 is 1.19 bits per heavy atom. The van der Waals surface area contributed by atoms with Crippen molar-refractivity contribution in [2.75, 3.05) is 0 Å². The van der Waals surface area contributed by atoms with E-state index >= 15 is 0 Å². The topological polar surface area (TPSA) is 52.5 Å². The second-order valence-electron chi connectivity index (χ2n) is 4.72. The van der Waals surface area contributed by atoms with Crippen LogP contribution >= 0.6 is 0 Å². The lowest BCUT2D eigenvalue weighted by Gasteiger charge is -2.16. The van der Waals surface area contributed by atoms with Crippen molar-refractivity contribution >= 4 is 0 Å². The summed E-state index contributed by atoms with van der Waals surface area (Å²) >= 11 is 0. The molecule has 0 saturated heterocycles. The van der Waals surface area contributed by atoms with Crippen molar-refractivity contribution in [2.24, 2.45) is 5.92 Å². The smallest absolute Gasteiger partial charge is 0.123 e. The van der Waals surface area contributed by atoms with Crippen LogP contribution in [0, 0.1) is 5.92 Å². The molecule has 90 valence electrons. The fourth-order valence-electron chi connectivity index (χ4n) is 1.78. The number of rotatable bonds is 5. The molecule has 3 nitrogen and oxygen atoms in total. The molecule has 0 saturated carbocycles. The van der Waals surface area contributed by atoms with Crippen molar-refractivity contribution in [1.29, 1.82) is 0 Å². The molecule has 1 aromatic rings. The van der Waals surface area contributed by atoms with Crippen LogP contribution in [-0.4, -0.2) is 16.3 Å². The van der Waals surface area contributed by atoms with Crippen molar-refractivity contribution in [1.82, 2.24) is 5.32 Å². The maximum atomic E-state index is 9.59. The van der Waals surface area contributed by atoms with E-state index in [4.69, 9.17) is 5.11 Å². The van der Waals surface area contributed by atoms with E-state index in [0.29, 0.717) is 18.5 Å². The Morgan fingerprint density at radius 2 is 1.88 bits per heavy atom. The molecule has 3 N–H and O–H groups in total. The van der Waals surface area contributed by atoms with E-state index in [1.165, 1.54) is 6.07 Å². The minimum Gasteiger partial charge on any atom is -0.508 e. The van der Waals surface area contributed by atoms with Crippen LogP contribution in [0.3, 0.4) is 0 Å². The van der Waals surface area contributed by atoms with Crippen molar-refractivity contribution in [3.63, 3.8) is 0 Å². The van der Waals surface area contributed by atoms with Gasteiger partial charge in [0.05, 0.1) is 0 Å². The number of aromatic hydroxyl groups is 2. The normalized spacial score (nSPS) is 13.0. The zero-order valence-electron chi connectivity index (χ0n) is 10.2. The predicted octanol–water partition coefficient (Wildman–Crippen LogP) is 2.62. The van der Waals surface area contributed by atoms with Gasteiger partial charge in [-0.3, -0.25) is 0 Å². The van der Waals surface area contributed by atoms with E-state index in [0.717, 1.165) is 12.0 Å². The van der Waals surface area contributed by atoms with E-state index in [2.05, 4.69) is 26.1 Å². The Bertz CT molecular complexity index is 337. The average Bonchev–Trinajstić information content (AvgIpc) is 2.15. The Balaban J connectivity index is 2.48. The molecule has 0 fully saturated rings. The number of hydrogen-bond acceptors (Lipinski definition) is 3. The van der Waals surface area contributed by atoms with Crippen molar-refractivity contribution in [2.45, 2.75) is 39.8 Å². The molecule has 1 aromatic carbocycles. The molecule has 0 aromatic heterocycles. The van der Waals surface area contributed by atoms with Gasteiger partial charge in [0.25, 0.3) is 0 Å². The highest BCUT2D eigenvalue weighted by Gasteiger charge is 2.06. The van der Waals surface area contributed by atoms with Gasteiger partial charge >= 0.3 is 0 Å². The van der Waals surface area contributed by atoms with Gasteiger partial charge in [0.1, 0.15) is 11.5 Å². The van der Waals surface area contributed by atoms with Gasteiger partial charge in [-0.15, -0.1) is 0 Å². The summed E-state index contributed by atoms with van der Waals surface area (Å²) in [6, 6.07) is 5.11. The highest BCUT2D eigenvalue weighted by molar-refractivity contribution is 5.38. The molecular formula is C13H21NO2. The summed E-state index contributed by atoms with van der Waals surface area (Å²) in [5, 5.41) is 22.1. The molecule has 0 radical (unpaired) electrons. The first kappa shape index (κ1) is 12.8. The quantitative estimate of drug-likeness (QED) is 0.719. The van der Waals surface area contributed by atoms with Gasteiger partial charge in [0.2, 0.25) is 0 Å². The fourth-order valence-corrected chi connectivity index (χ4v) is 1.78. The molecule has 0 bridgehead atoms. The first-order valence-electron chi connectivity index (χ1n) is 5.73. The van der Waals surface area contributed by atoms with Gasteiger partial charge < -0.3 is 15.5 Å². The van der Waals surface area contributed by atoms with Crippen molar-refractivity contribution < 1.29 is 10.2 Å². The summed E-state index contributed by atoms with van der Waals surface area (Å²) in [5.41, 5.74) is 0.813. The first-order valence-corrected chi connectivity index (χ1v) is 5.73. The van der Waals surface area contributed by atoms with Crippen molar-refractivity contribution in [3.8, 4) is 11.5 Å². The van der Waals surface area contributed by atoms with Gasteiger partial charge in [-0.25, -0.2) is 0 Å². The summed E-state index contributed by atoms with van der Waals surface area (Å²) in [6.07, 6.45) is 1.11. The third-order valence-electron chi connectivity index (χ3n) is 2.53. The Hall–Kier alpha value is -1.22. The van der Waals surface area contributed by atoms with Crippen molar-refractivity contribution in [3.05, 3.63) is 23.8 Å². The van der Waals surface area contributed by atoms with Crippen LogP contribution in [0.1, 0.15) is 32.8 Å². The van der Waals surface area contributed by atoms with Crippen LogP contribution in [0.25, 0.3) is 0 Å². The van der Waals surface area contributed by atoms with Crippen LogP contribution in [0.5, 0.6) is 11.5 Å². The third-order valence-corrected chi connectivity index (χ3v) is 2.53. The summed E-state index contributed by atoms with van der Waals surface area (Å²) < 4.78 is 0. The zero-order chi connectivity index (χ0) is 12.1. The largest absolute Gasteiger partial charge is 0.508 e. The third kappa shape index (κ3) is 4.11. The molecule has 0 aliphatic carbocycles. The van der Waals surface area contributed by atoms with Gasteiger partial charge in [-0.05, 0) is 25.3 Å². The lowest BCUT2D eigenvalue weighted by Crippen LogP contribution is -2.26. The molecule has 0 aliphatic heterocycles. The highest BCUT2D eigenvalue weighted by Crippen LogP contribution is 2.22. The van der Waals surface area contributed by atoms with E-state index in [1.54, 1.807) is 12.1 Å². The summed E-state index contributed by atoms with van der Waals surface area (Å²) in [7, 11) is 0. The van der Waals surface area contributed by atoms with E-state index in [9.17, 15) is 5.11 Å². The molecule has 1 atom stereocenters. The number of nitrogens with one attached hydrogen (secondary N) is 1. The summed E-state index contributed by atoms with van der Waals surface area (Å²) in [5.74, 6) is 0.900. The first-order chi connectivity index (χ1) is 7.49. The van der Waals surface area contributed by atoms with Gasteiger partial charge in [-0.2, -0.15) is 0 Å². The monoisotopic (exact) mass is 223 g/mol. The molecule has 1 rings (SSSR count). The fraction of sp³-hybridized carbons (Fsp3) is 0.538. The lowest BCUT2D eigenvalue weighted by molar-refractivity contribution is 0.424. The standard InChI is InChI=1S/C13H21NO2/c1-9(2)6-10(3)14-8-11-4-5-12(15)7-13(11)16/h4-5,7,9-10,14-16H,6,8H2,1-3H3. The van der Waals surface area contributed by atoms with Crippen LogP contribution in [0.2, 0.25) is 0 Å². The SMILES string of the molecule is CC(C)CC(C)NCc1ccc(O)cc1O. The minimum atomic E-state index is 0.0940. The van der Waals surface area contributed by atoms with E-state index in [1.807, 2.05) is 0 Å². The highest BCUT2D eigenvalue weighted by atomic mass is 16.3. The number of hydrogen-bond donors (Lipinski definition) is 3. The van der Waals surface area contributed by atoms with Crippen LogP contribution in [-0.2, 0) is 6.54 Å². The second kappa shape index (κ2) is 5.75. The van der Waals surface area contributed by atoms with Crippen LogP contribution < -0.4 is 5.32 Å². The van der Waals surface area contributed by atoms with Crippen LogP contribution in [0.15, 0.2) is 18.2 Å². The molecule has 1 unspecified atom stereocenters. The maximum Gasteiger partial charge on any atom is 0.123 e. The lowest BCUT2D eigenvalue weighted by atomic mass is 10.0. The Morgan fingerprint density at radius 3 is 2.44 bits per heavy atom. The zero-order valence-corrected chi connectivity index (χ0v) is 10.2. The Kier molecular flexibility index (Phi) is 4.62.